The van der Waals surface area contributed by atoms with Gasteiger partial charge in [-0.05, 0) is 12.1 Å². The predicted octanol–water partition coefficient (Wildman–Crippen LogP) is 1.96. The highest BCUT2D eigenvalue weighted by atomic mass is 35.5. The number of carbonyl (C=O) groups excluding carboxylic acids is 1. The normalized spacial score (nSPS) is 10.4. The number of nitrogens with zero attached hydrogens (tertiary/aromatic N) is 3. The van der Waals surface area contributed by atoms with E-state index in [0.29, 0.717) is 11.6 Å². The number of carbonyl (C=O) groups is 1. The van der Waals surface area contributed by atoms with Gasteiger partial charge in [0, 0.05) is 12.7 Å². The maximum atomic E-state index is 12.0. The molecule has 2 aromatic rings. The Morgan fingerprint density at radius 3 is 2.78 bits per heavy atom. The fraction of sp³-hybridized carbons (Fsp3) is 0.100. The quantitative estimate of drug-likeness (QED) is 0.826. The van der Waals surface area contributed by atoms with E-state index < -0.39 is 5.91 Å². The van der Waals surface area contributed by atoms with Gasteiger partial charge in [0.2, 0.25) is 5.95 Å². The summed E-state index contributed by atoms with van der Waals surface area (Å²) in [7, 11) is 1.65. The van der Waals surface area contributed by atoms with Crippen LogP contribution in [-0.4, -0.2) is 20.7 Å². The summed E-state index contributed by atoms with van der Waals surface area (Å²) in [6, 6.07) is 2.92. The lowest BCUT2D eigenvalue weighted by molar-refractivity contribution is 0.102. The zero-order chi connectivity index (χ0) is 13.3. The molecule has 1 amide bonds. The number of amides is 1. The van der Waals surface area contributed by atoms with Crippen molar-refractivity contribution in [1.29, 1.82) is 0 Å². The third kappa shape index (κ3) is 2.39. The summed E-state index contributed by atoms with van der Waals surface area (Å²) in [5.41, 5.74) is 6.15. The number of benzene rings is 1. The third-order valence-electron chi connectivity index (χ3n) is 2.23. The topological polar surface area (TPSA) is 85.8 Å². The van der Waals surface area contributed by atoms with Crippen LogP contribution in [-0.2, 0) is 7.05 Å². The molecule has 1 aromatic heterocycles. The molecule has 0 saturated heterocycles. The van der Waals surface area contributed by atoms with Gasteiger partial charge in [-0.15, -0.1) is 0 Å². The van der Waals surface area contributed by atoms with Crippen molar-refractivity contribution in [3.63, 3.8) is 0 Å². The van der Waals surface area contributed by atoms with Crippen LogP contribution < -0.4 is 11.1 Å². The Bertz CT molecular complexity index is 610. The average molecular weight is 286 g/mol. The van der Waals surface area contributed by atoms with E-state index in [4.69, 9.17) is 28.9 Å². The van der Waals surface area contributed by atoms with Gasteiger partial charge in [-0.3, -0.25) is 10.1 Å². The molecule has 0 aliphatic heterocycles. The number of hydrogen-bond donors (Lipinski definition) is 2. The molecular weight excluding hydrogens is 277 g/mol. The van der Waals surface area contributed by atoms with E-state index in [-0.39, 0.29) is 15.6 Å². The number of nitrogen functional groups attached to an aromatic ring is 1. The van der Waals surface area contributed by atoms with Gasteiger partial charge in [-0.25, -0.2) is 4.68 Å². The fourth-order valence-electron chi connectivity index (χ4n) is 1.35. The van der Waals surface area contributed by atoms with Crippen LogP contribution in [0.5, 0.6) is 0 Å². The minimum Gasteiger partial charge on any atom is -0.399 e. The summed E-state index contributed by atoms with van der Waals surface area (Å²) in [4.78, 5) is 15.9. The van der Waals surface area contributed by atoms with Crippen molar-refractivity contribution < 1.29 is 4.79 Å². The Hall–Kier alpha value is -1.79. The van der Waals surface area contributed by atoms with E-state index in [9.17, 15) is 4.79 Å². The van der Waals surface area contributed by atoms with Crippen LogP contribution in [0, 0.1) is 0 Å². The van der Waals surface area contributed by atoms with Gasteiger partial charge in [0.15, 0.2) is 0 Å². The first-order valence-electron chi connectivity index (χ1n) is 4.89. The first-order chi connectivity index (χ1) is 8.49. The zero-order valence-corrected chi connectivity index (χ0v) is 10.8. The fourth-order valence-corrected chi connectivity index (χ4v) is 1.78. The Morgan fingerprint density at radius 2 is 2.17 bits per heavy atom. The monoisotopic (exact) mass is 285 g/mol. The van der Waals surface area contributed by atoms with E-state index in [0.717, 1.165) is 0 Å². The highest BCUT2D eigenvalue weighted by Gasteiger charge is 2.16. The molecule has 0 saturated carbocycles. The number of nitrogens with one attached hydrogen (secondary N) is 1. The summed E-state index contributed by atoms with van der Waals surface area (Å²) < 4.78 is 1.42. The second-order valence-electron chi connectivity index (χ2n) is 3.53. The van der Waals surface area contributed by atoms with Gasteiger partial charge in [0.05, 0.1) is 15.6 Å². The van der Waals surface area contributed by atoms with E-state index in [1.165, 1.54) is 23.1 Å². The number of aromatic nitrogens is 3. The lowest BCUT2D eigenvalue weighted by Crippen LogP contribution is -2.16. The zero-order valence-electron chi connectivity index (χ0n) is 9.32. The summed E-state index contributed by atoms with van der Waals surface area (Å²) >= 11 is 11.8. The van der Waals surface area contributed by atoms with Gasteiger partial charge < -0.3 is 5.73 Å². The van der Waals surface area contributed by atoms with E-state index in [2.05, 4.69) is 15.4 Å². The number of anilines is 2. The van der Waals surface area contributed by atoms with Crippen molar-refractivity contribution in [1.82, 2.24) is 14.8 Å². The van der Waals surface area contributed by atoms with Gasteiger partial charge >= 0.3 is 0 Å². The maximum absolute atomic E-state index is 12.0. The lowest BCUT2D eigenvalue weighted by Gasteiger charge is -2.08. The minimum absolute atomic E-state index is 0.144. The molecule has 18 heavy (non-hydrogen) atoms. The second kappa shape index (κ2) is 4.83. The molecule has 0 unspecified atom stereocenters. The number of hydrogen-bond acceptors (Lipinski definition) is 4. The Morgan fingerprint density at radius 1 is 1.44 bits per heavy atom. The van der Waals surface area contributed by atoms with Crippen LogP contribution in [0.15, 0.2) is 18.5 Å². The molecule has 0 aliphatic rings. The third-order valence-corrected chi connectivity index (χ3v) is 3.03. The average Bonchev–Trinajstić information content (AvgIpc) is 2.69. The smallest absolute Gasteiger partial charge is 0.259 e. The van der Waals surface area contributed by atoms with Crippen LogP contribution in [0.2, 0.25) is 10.0 Å². The molecule has 2 rings (SSSR count). The molecule has 3 N–H and O–H groups in total. The van der Waals surface area contributed by atoms with Gasteiger partial charge in [-0.2, -0.15) is 10.1 Å². The Labute approximate surface area is 113 Å². The standard InChI is InChI=1S/C10H9Cl2N5O/c1-17-10(14-4-15-17)16-9(18)6-2-5(13)3-7(11)8(6)12/h2-4H,13H2,1H3,(H,14,15,16,18). The molecule has 0 bridgehead atoms. The molecule has 0 atom stereocenters. The van der Waals surface area contributed by atoms with Crippen LogP contribution in [0.4, 0.5) is 11.6 Å². The van der Waals surface area contributed by atoms with Crippen LogP contribution in [0.3, 0.4) is 0 Å². The molecule has 94 valence electrons. The molecular formula is C10H9Cl2N5O. The molecule has 1 heterocycles. The minimum atomic E-state index is -0.453. The SMILES string of the molecule is Cn1ncnc1NC(=O)c1cc(N)cc(Cl)c1Cl. The van der Waals surface area contributed by atoms with Crippen LogP contribution in [0.25, 0.3) is 0 Å². The number of aryl methyl sites for hydroxylation is 1. The number of rotatable bonds is 2. The van der Waals surface area contributed by atoms with Crippen molar-refractivity contribution >= 4 is 40.7 Å². The first-order valence-corrected chi connectivity index (χ1v) is 5.64. The molecule has 0 spiro atoms. The summed E-state index contributed by atoms with van der Waals surface area (Å²) in [6.45, 7) is 0. The highest BCUT2D eigenvalue weighted by Crippen LogP contribution is 2.29. The van der Waals surface area contributed by atoms with Crippen LogP contribution >= 0.6 is 23.2 Å². The van der Waals surface area contributed by atoms with Gasteiger partial charge in [-0.1, -0.05) is 23.2 Å². The maximum Gasteiger partial charge on any atom is 0.259 e. The van der Waals surface area contributed by atoms with Gasteiger partial charge in [0.25, 0.3) is 5.91 Å². The molecule has 0 radical (unpaired) electrons. The predicted molar refractivity (Wildman–Crippen MR) is 69.8 cm³/mol. The highest BCUT2D eigenvalue weighted by molar-refractivity contribution is 6.44. The largest absolute Gasteiger partial charge is 0.399 e. The second-order valence-corrected chi connectivity index (χ2v) is 4.31. The van der Waals surface area contributed by atoms with E-state index in [1.54, 1.807) is 7.05 Å². The van der Waals surface area contributed by atoms with E-state index in [1.807, 2.05) is 0 Å². The molecule has 0 fully saturated rings. The van der Waals surface area contributed by atoms with Crippen molar-refractivity contribution in [2.45, 2.75) is 0 Å². The Kier molecular flexibility index (Phi) is 3.40. The Balaban J connectivity index is 2.32. The van der Waals surface area contributed by atoms with Crippen molar-refractivity contribution in [2.24, 2.45) is 7.05 Å². The molecule has 8 heteroatoms. The first kappa shape index (κ1) is 12.7. The van der Waals surface area contributed by atoms with Crippen molar-refractivity contribution in [2.75, 3.05) is 11.1 Å². The number of nitrogens with two attached hydrogens (primary N) is 1. The van der Waals surface area contributed by atoms with Gasteiger partial charge in [0.1, 0.15) is 6.33 Å². The molecule has 6 nitrogen and oxygen atoms in total. The lowest BCUT2D eigenvalue weighted by atomic mass is 10.2. The number of halogens is 2. The summed E-state index contributed by atoms with van der Waals surface area (Å²) in [6.07, 6.45) is 1.32. The molecule has 1 aromatic carbocycles. The van der Waals surface area contributed by atoms with Crippen molar-refractivity contribution in [3.8, 4) is 0 Å². The summed E-state index contributed by atoms with van der Waals surface area (Å²) in [5, 5.41) is 6.75. The van der Waals surface area contributed by atoms with Crippen LogP contribution in [0.1, 0.15) is 10.4 Å². The van der Waals surface area contributed by atoms with E-state index >= 15 is 0 Å². The summed E-state index contributed by atoms with van der Waals surface area (Å²) in [5.74, 6) is -0.153. The van der Waals surface area contributed by atoms with Crippen molar-refractivity contribution in [3.05, 3.63) is 34.1 Å². The molecule has 0 aliphatic carbocycles.